The number of benzene rings is 1. The summed E-state index contributed by atoms with van der Waals surface area (Å²) in [6.07, 6.45) is 9.48. The van der Waals surface area contributed by atoms with Gasteiger partial charge in [0.05, 0.1) is 0 Å². The zero-order valence-corrected chi connectivity index (χ0v) is 13.6. The maximum atomic E-state index is 6.23. The first-order chi connectivity index (χ1) is 10.2. The third-order valence-corrected chi connectivity index (χ3v) is 5.21. The summed E-state index contributed by atoms with van der Waals surface area (Å²) in [7, 11) is 0. The molecule has 1 N–H and O–H groups in total. The van der Waals surface area contributed by atoms with E-state index in [1.54, 1.807) is 0 Å². The third kappa shape index (κ3) is 3.42. The molecule has 2 heteroatoms. The smallest absolute Gasteiger partial charge is 0.123 e. The van der Waals surface area contributed by atoms with Crippen LogP contribution >= 0.6 is 0 Å². The number of ether oxygens (including phenoxy) is 1. The zero-order valence-electron chi connectivity index (χ0n) is 13.6. The summed E-state index contributed by atoms with van der Waals surface area (Å²) >= 11 is 0. The summed E-state index contributed by atoms with van der Waals surface area (Å²) in [5, 5.41) is 3.67. The van der Waals surface area contributed by atoms with E-state index in [2.05, 4.69) is 37.4 Å². The second-order valence-electron chi connectivity index (χ2n) is 7.14. The second-order valence-corrected chi connectivity index (χ2v) is 7.14. The van der Waals surface area contributed by atoms with Gasteiger partial charge in [0.15, 0.2) is 0 Å². The predicted molar refractivity (Wildman–Crippen MR) is 88.0 cm³/mol. The number of fused-ring (bicyclic) bond motifs is 1. The van der Waals surface area contributed by atoms with Gasteiger partial charge >= 0.3 is 0 Å². The molecule has 1 aliphatic heterocycles. The van der Waals surface area contributed by atoms with Gasteiger partial charge in [-0.05, 0) is 56.2 Å². The molecule has 0 saturated heterocycles. The van der Waals surface area contributed by atoms with E-state index in [1.165, 1.54) is 56.2 Å². The number of aryl methyl sites for hydroxylation is 1. The summed E-state index contributed by atoms with van der Waals surface area (Å²) < 4.78 is 6.23. The monoisotopic (exact) mass is 287 g/mol. The molecule has 2 aliphatic rings. The summed E-state index contributed by atoms with van der Waals surface area (Å²) in [6.45, 7) is 6.73. The summed E-state index contributed by atoms with van der Waals surface area (Å²) in [5.41, 5.74) is 3.24. The Kier molecular flexibility index (Phi) is 4.54. The van der Waals surface area contributed by atoms with Crippen molar-refractivity contribution in [3.05, 3.63) is 29.3 Å². The van der Waals surface area contributed by atoms with E-state index in [0.717, 1.165) is 18.7 Å². The van der Waals surface area contributed by atoms with E-state index in [0.29, 0.717) is 11.5 Å². The molecule has 1 aliphatic carbocycles. The minimum atomic E-state index is 0.392. The topological polar surface area (TPSA) is 21.3 Å². The van der Waals surface area contributed by atoms with Gasteiger partial charge in [-0.25, -0.2) is 0 Å². The van der Waals surface area contributed by atoms with E-state index in [4.69, 9.17) is 4.74 Å². The SMILES string of the molecule is CCCNCC1(CC2Cc3cc(C)ccc3O2)CCCC1. The number of rotatable bonds is 6. The van der Waals surface area contributed by atoms with E-state index < -0.39 is 0 Å². The second kappa shape index (κ2) is 6.39. The van der Waals surface area contributed by atoms with Crippen molar-refractivity contribution < 1.29 is 4.74 Å². The first-order valence-electron chi connectivity index (χ1n) is 8.68. The zero-order chi connectivity index (χ0) is 14.7. The summed E-state index contributed by atoms with van der Waals surface area (Å²) in [6, 6.07) is 6.61. The maximum Gasteiger partial charge on any atom is 0.123 e. The van der Waals surface area contributed by atoms with Crippen LogP contribution in [-0.4, -0.2) is 19.2 Å². The van der Waals surface area contributed by atoms with Crippen LogP contribution in [0.1, 0.15) is 56.6 Å². The highest BCUT2D eigenvalue weighted by atomic mass is 16.5. The van der Waals surface area contributed by atoms with Gasteiger partial charge in [0.2, 0.25) is 0 Å². The molecule has 116 valence electrons. The van der Waals surface area contributed by atoms with Crippen LogP contribution in [0.3, 0.4) is 0 Å². The lowest BCUT2D eigenvalue weighted by Gasteiger charge is -2.32. The van der Waals surface area contributed by atoms with Crippen molar-refractivity contribution in [1.82, 2.24) is 5.32 Å². The predicted octanol–water partition coefficient (Wildman–Crippen LogP) is 4.25. The van der Waals surface area contributed by atoms with Crippen molar-refractivity contribution in [2.75, 3.05) is 13.1 Å². The third-order valence-electron chi connectivity index (χ3n) is 5.21. The fraction of sp³-hybridized carbons (Fsp3) is 0.684. The molecular weight excluding hydrogens is 258 g/mol. The van der Waals surface area contributed by atoms with E-state index in [-0.39, 0.29) is 0 Å². The van der Waals surface area contributed by atoms with Gasteiger partial charge in [0, 0.05) is 13.0 Å². The van der Waals surface area contributed by atoms with Gasteiger partial charge in [-0.2, -0.15) is 0 Å². The Balaban J connectivity index is 1.62. The van der Waals surface area contributed by atoms with Gasteiger partial charge in [-0.15, -0.1) is 0 Å². The molecule has 0 radical (unpaired) electrons. The normalized spacial score (nSPS) is 23.0. The Morgan fingerprint density at radius 1 is 1.29 bits per heavy atom. The van der Waals surface area contributed by atoms with Crippen LogP contribution in [0.25, 0.3) is 0 Å². The Bertz CT molecular complexity index is 476. The van der Waals surface area contributed by atoms with Crippen molar-refractivity contribution >= 4 is 0 Å². The highest BCUT2D eigenvalue weighted by Gasteiger charge is 2.38. The molecule has 3 rings (SSSR count). The van der Waals surface area contributed by atoms with Crippen LogP contribution < -0.4 is 10.1 Å². The average molecular weight is 287 g/mol. The lowest BCUT2D eigenvalue weighted by molar-refractivity contribution is 0.134. The molecule has 0 aromatic heterocycles. The molecule has 0 amide bonds. The Labute approximate surface area is 129 Å². The molecule has 0 spiro atoms. The molecule has 21 heavy (non-hydrogen) atoms. The number of hydrogen-bond donors (Lipinski definition) is 1. The van der Waals surface area contributed by atoms with Gasteiger partial charge < -0.3 is 10.1 Å². The molecule has 1 heterocycles. The Morgan fingerprint density at radius 2 is 2.10 bits per heavy atom. The molecule has 1 aromatic carbocycles. The Hall–Kier alpha value is -1.02. The van der Waals surface area contributed by atoms with Gasteiger partial charge in [0.25, 0.3) is 0 Å². The van der Waals surface area contributed by atoms with E-state index in [9.17, 15) is 0 Å². The number of nitrogens with one attached hydrogen (secondary N) is 1. The number of hydrogen-bond acceptors (Lipinski definition) is 2. The minimum Gasteiger partial charge on any atom is -0.490 e. The van der Waals surface area contributed by atoms with Crippen LogP contribution in [-0.2, 0) is 6.42 Å². The standard InChI is InChI=1S/C19H29NO/c1-3-10-20-14-19(8-4-5-9-19)13-17-12-16-11-15(2)6-7-18(16)21-17/h6-7,11,17,20H,3-5,8-10,12-14H2,1-2H3. The molecule has 2 nitrogen and oxygen atoms in total. The summed E-state index contributed by atoms with van der Waals surface area (Å²) in [5.74, 6) is 1.13. The maximum absolute atomic E-state index is 6.23. The molecule has 1 unspecified atom stereocenters. The van der Waals surface area contributed by atoms with Crippen LogP contribution in [0.5, 0.6) is 5.75 Å². The van der Waals surface area contributed by atoms with Crippen molar-refractivity contribution in [2.45, 2.75) is 64.9 Å². The average Bonchev–Trinajstić information content (AvgIpc) is 3.06. The molecule has 1 fully saturated rings. The van der Waals surface area contributed by atoms with Gasteiger partial charge in [0.1, 0.15) is 11.9 Å². The Morgan fingerprint density at radius 3 is 2.86 bits per heavy atom. The van der Waals surface area contributed by atoms with Crippen LogP contribution in [0, 0.1) is 12.3 Å². The summed E-state index contributed by atoms with van der Waals surface area (Å²) in [4.78, 5) is 0. The van der Waals surface area contributed by atoms with Crippen molar-refractivity contribution in [2.24, 2.45) is 5.41 Å². The quantitative estimate of drug-likeness (QED) is 0.790. The van der Waals surface area contributed by atoms with E-state index >= 15 is 0 Å². The van der Waals surface area contributed by atoms with Gasteiger partial charge in [-0.1, -0.05) is 37.5 Å². The van der Waals surface area contributed by atoms with Crippen LogP contribution in [0.15, 0.2) is 18.2 Å². The van der Waals surface area contributed by atoms with Crippen molar-refractivity contribution in [3.63, 3.8) is 0 Å². The largest absolute Gasteiger partial charge is 0.490 e. The highest BCUT2D eigenvalue weighted by Crippen LogP contribution is 2.44. The van der Waals surface area contributed by atoms with Crippen LogP contribution in [0.4, 0.5) is 0 Å². The fourth-order valence-electron chi connectivity index (χ4n) is 4.15. The first-order valence-corrected chi connectivity index (χ1v) is 8.68. The lowest BCUT2D eigenvalue weighted by atomic mass is 9.79. The van der Waals surface area contributed by atoms with Crippen LogP contribution in [0.2, 0.25) is 0 Å². The van der Waals surface area contributed by atoms with Gasteiger partial charge in [-0.3, -0.25) is 0 Å². The molecule has 1 atom stereocenters. The lowest BCUT2D eigenvalue weighted by Crippen LogP contribution is -2.36. The first kappa shape index (κ1) is 14.9. The highest BCUT2D eigenvalue weighted by molar-refractivity contribution is 5.40. The molecule has 0 bridgehead atoms. The molecular formula is C19H29NO. The minimum absolute atomic E-state index is 0.392. The molecule has 1 saturated carbocycles. The molecule has 1 aromatic rings. The van der Waals surface area contributed by atoms with E-state index in [1.807, 2.05) is 0 Å². The van der Waals surface area contributed by atoms with Crippen molar-refractivity contribution in [1.29, 1.82) is 0 Å². The van der Waals surface area contributed by atoms with Crippen molar-refractivity contribution in [3.8, 4) is 5.75 Å². The fourth-order valence-corrected chi connectivity index (χ4v) is 4.15.